The number of imidazole rings is 1. The van der Waals surface area contributed by atoms with Crippen molar-refractivity contribution in [1.82, 2.24) is 40.0 Å². The van der Waals surface area contributed by atoms with E-state index in [2.05, 4.69) is 20.5 Å². The molecule has 222 valence electrons. The number of aryl methyl sites for hydroxylation is 1. The molecule has 10 nitrogen and oxygen atoms in total. The molecule has 3 N–H and O–H groups in total. The highest BCUT2D eigenvalue weighted by Gasteiger charge is 2.29. The number of carbonyl (C=O) groups excluding carboxylic acids is 2. The van der Waals surface area contributed by atoms with Crippen LogP contribution in [0.3, 0.4) is 0 Å². The molecule has 4 aromatic rings. The molecule has 0 unspecified atom stereocenters. The molecule has 2 aliphatic rings. The van der Waals surface area contributed by atoms with Gasteiger partial charge in [0.1, 0.15) is 17.6 Å². The number of pyridine rings is 1. The van der Waals surface area contributed by atoms with Crippen LogP contribution in [0.1, 0.15) is 48.3 Å². The number of carbonyl (C=O) groups is 2. The molecule has 1 saturated heterocycles. The molecule has 0 spiro atoms. The number of benzene rings is 1. The number of halogens is 2. The quantitative estimate of drug-likeness (QED) is 0.308. The van der Waals surface area contributed by atoms with Gasteiger partial charge in [0.2, 0.25) is 0 Å². The second kappa shape index (κ2) is 11.0. The van der Waals surface area contributed by atoms with Gasteiger partial charge in [-0.3, -0.25) is 4.79 Å². The van der Waals surface area contributed by atoms with Crippen molar-refractivity contribution in [3.8, 4) is 11.5 Å². The highest BCUT2D eigenvalue weighted by molar-refractivity contribution is 5.98. The van der Waals surface area contributed by atoms with Crippen LogP contribution in [0.2, 0.25) is 0 Å². The molecule has 1 aromatic carbocycles. The van der Waals surface area contributed by atoms with Crippen LogP contribution in [0.25, 0.3) is 33.6 Å². The number of piperidine rings is 1. The van der Waals surface area contributed by atoms with E-state index in [4.69, 9.17) is 9.97 Å². The number of urea groups is 1. The third kappa shape index (κ3) is 5.31. The maximum absolute atomic E-state index is 15.2. The van der Waals surface area contributed by atoms with Gasteiger partial charge >= 0.3 is 6.03 Å². The van der Waals surface area contributed by atoms with Gasteiger partial charge < -0.3 is 30.0 Å². The van der Waals surface area contributed by atoms with Crippen molar-refractivity contribution >= 4 is 34.0 Å². The van der Waals surface area contributed by atoms with Gasteiger partial charge in [-0.25, -0.2) is 23.5 Å². The standard InChI is InChI=1S/C30H36F2N8O2/c1-16(34-30(42)38(2)3)22-8-7-18-11-26(40(27(18)35-22)15-17-5-6-17)28-36-23-12-19(21(32)13-25(23)39(28)4)29(41)37-24-14-33-10-9-20(24)31/h7-8,11-13,16-17,20,24,33H,5-6,9-10,14-15H2,1-4H3,(H,34,42)(H,37,41)/t16-,20+,24+/m1/s1. The van der Waals surface area contributed by atoms with Crippen LogP contribution in [0, 0.1) is 11.7 Å². The van der Waals surface area contributed by atoms with E-state index in [9.17, 15) is 14.0 Å². The minimum absolute atomic E-state index is 0.163. The predicted octanol–water partition coefficient (Wildman–Crippen LogP) is 3.90. The highest BCUT2D eigenvalue weighted by Crippen LogP contribution is 2.36. The van der Waals surface area contributed by atoms with Gasteiger partial charge in [-0.2, -0.15) is 0 Å². The van der Waals surface area contributed by atoms with Gasteiger partial charge in [-0.15, -0.1) is 0 Å². The third-order valence-electron chi connectivity index (χ3n) is 8.25. The topological polar surface area (TPSA) is 109 Å². The third-order valence-corrected chi connectivity index (χ3v) is 8.25. The van der Waals surface area contributed by atoms with Crippen LogP contribution >= 0.6 is 0 Å². The van der Waals surface area contributed by atoms with E-state index in [1.54, 1.807) is 14.1 Å². The van der Waals surface area contributed by atoms with Crippen molar-refractivity contribution in [3.63, 3.8) is 0 Å². The lowest BCUT2D eigenvalue weighted by Crippen LogP contribution is -2.52. The first kappa shape index (κ1) is 28.1. The number of alkyl halides is 1. The van der Waals surface area contributed by atoms with Gasteiger partial charge in [-0.1, -0.05) is 0 Å². The summed E-state index contributed by atoms with van der Waals surface area (Å²) in [6.07, 6.45) is 1.39. The summed E-state index contributed by atoms with van der Waals surface area (Å²) < 4.78 is 33.5. The van der Waals surface area contributed by atoms with E-state index in [-0.39, 0.29) is 17.6 Å². The summed E-state index contributed by atoms with van der Waals surface area (Å²) in [6, 6.07) is 7.48. The molecule has 1 aliphatic carbocycles. The summed E-state index contributed by atoms with van der Waals surface area (Å²) in [5, 5.41) is 9.58. The first-order valence-electron chi connectivity index (χ1n) is 14.4. The van der Waals surface area contributed by atoms with Crippen LogP contribution in [0.5, 0.6) is 0 Å². The summed E-state index contributed by atoms with van der Waals surface area (Å²) in [4.78, 5) is 36.5. The number of hydrogen-bond donors (Lipinski definition) is 3. The maximum atomic E-state index is 15.2. The van der Waals surface area contributed by atoms with E-state index in [1.807, 2.05) is 36.7 Å². The molecule has 4 heterocycles. The molecule has 2 fully saturated rings. The number of amides is 3. The van der Waals surface area contributed by atoms with Crippen LogP contribution in [0.4, 0.5) is 13.6 Å². The Morgan fingerprint density at radius 1 is 1.17 bits per heavy atom. The van der Waals surface area contributed by atoms with Crippen molar-refractivity contribution < 1.29 is 18.4 Å². The molecule has 3 atom stereocenters. The summed E-state index contributed by atoms with van der Waals surface area (Å²) in [7, 11) is 5.21. The molecular weight excluding hydrogens is 542 g/mol. The highest BCUT2D eigenvalue weighted by atomic mass is 19.1. The van der Waals surface area contributed by atoms with Crippen molar-refractivity contribution in [1.29, 1.82) is 0 Å². The second-order valence-electron chi connectivity index (χ2n) is 11.7. The van der Waals surface area contributed by atoms with E-state index >= 15 is 4.39 Å². The van der Waals surface area contributed by atoms with E-state index < -0.39 is 23.9 Å². The van der Waals surface area contributed by atoms with Crippen molar-refractivity contribution in [3.05, 3.63) is 47.4 Å². The van der Waals surface area contributed by atoms with Crippen LogP contribution in [0.15, 0.2) is 30.3 Å². The lowest BCUT2D eigenvalue weighted by atomic mass is 10.0. The number of rotatable bonds is 7. The number of nitrogens with one attached hydrogen (secondary N) is 3. The summed E-state index contributed by atoms with van der Waals surface area (Å²) >= 11 is 0. The maximum Gasteiger partial charge on any atom is 0.317 e. The van der Waals surface area contributed by atoms with E-state index in [0.29, 0.717) is 42.3 Å². The van der Waals surface area contributed by atoms with Crippen molar-refractivity contribution in [2.75, 3.05) is 27.2 Å². The zero-order chi connectivity index (χ0) is 29.7. The Bertz CT molecular complexity index is 1680. The first-order chi connectivity index (χ1) is 20.1. The summed E-state index contributed by atoms with van der Waals surface area (Å²) in [6.45, 7) is 3.51. The first-order valence-corrected chi connectivity index (χ1v) is 14.4. The van der Waals surface area contributed by atoms with Crippen LogP contribution < -0.4 is 16.0 Å². The average Bonchev–Trinajstić information content (AvgIpc) is 3.64. The summed E-state index contributed by atoms with van der Waals surface area (Å²) in [5.74, 6) is -0.191. The Balaban J connectivity index is 1.37. The molecule has 42 heavy (non-hydrogen) atoms. The van der Waals surface area contributed by atoms with Crippen LogP contribution in [-0.2, 0) is 13.6 Å². The monoisotopic (exact) mass is 578 g/mol. The average molecular weight is 579 g/mol. The minimum atomic E-state index is -1.18. The van der Waals surface area contributed by atoms with Crippen molar-refractivity contribution in [2.24, 2.45) is 13.0 Å². The Hall–Kier alpha value is -4.06. The summed E-state index contributed by atoms with van der Waals surface area (Å²) in [5.41, 5.74) is 3.22. The molecule has 1 saturated carbocycles. The molecule has 1 aliphatic heterocycles. The molecule has 12 heteroatoms. The second-order valence-corrected chi connectivity index (χ2v) is 11.7. The minimum Gasteiger partial charge on any atom is -0.345 e. The Labute approximate surface area is 242 Å². The molecule has 6 rings (SSSR count). The molecule has 3 amide bonds. The molecular formula is C30H36F2N8O2. The van der Waals surface area contributed by atoms with Gasteiger partial charge in [0.25, 0.3) is 5.91 Å². The molecule has 0 bridgehead atoms. The SMILES string of the molecule is C[C@@H](NC(=O)N(C)C)c1ccc2cc(-c3nc4cc(C(=O)N[C@H]5CNCC[C@@H]5F)c(F)cc4n3C)n(CC3CC3)c2n1. The van der Waals surface area contributed by atoms with Gasteiger partial charge in [0.15, 0.2) is 5.82 Å². The van der Waals surface area contributed by atoms with E-state index in [1.165, 1.54) is 17.0 Å². The number of nitrogens with zero attached hydrogens (tertiary/aromatic N) is 5. The van der Waals surface area contributed by atoms with Gasteiger partial charge in [-0.05, 0) is 62.9 Å². The number of fused-ring (bicyclic) bond motifs is 2. The lowest BCUT2D eigenvalue weighted by molar-refractivity contribution is 0.0888. The zero-order valence-corrected chi connectivity index (χ0v) is 24.2. The lowest BCUT2D eigenvalue weighted by Gasteiger charge is -2.27. The van der Waals surface area contributed by atoms with Gasteiger partial charge in [0, 0.05) is 45.7 Å². The Kier molecular flexibility index (Phi) is 7.34. The molecule has 0 radical (unpaired) electrons. The Morgan fingerprint density at radius 2 is 1.95 bits per heavy atom. The smallest absolute Gasteiger partial charge is 0.317 e. The van der Waals surface area contributed by atoms with Crippen molar-refractivity contribution in [2.45, 2.75) is 51.0 Å². The normalized spacial score (nSPS) is 19.7. The van der Waals surface area contributed by atoms with Crippen LogP contribution in [-0.4, -0.2) is 75.3 Å². The Morgan fingerprint density at radius 3 is 2.67 bits per heavy atom. The largest absolute Gasteiger partial charge is 0.345 e. The van der Waals surface area contributed by atoms with E-state index in [0.717, 1.165) is 41.8 Å². The fourth-order valence-corrected chi connectivity index (χ4v) is 5.53. The zero-order valence-electron chi connectivity index (χ0n) is 24.2. The predicted molar refractivity (Wildman–Crippen MR) is 156 cm³/mol. The fraction of sp³-hybridized carbons (Fsp3) is 0.467. The number of aromatic nitrogens is 4. The fourth-order valence-electron chi connectivity index (χ4n) is 5.53. The van der Waals surface area contributed by atoms with Gasteiger partial charge in [0.05, 0.1) is 40.1 Å². The molecule has 3 aromatic heterocycles. The number of hydrogen-bond acceptors (Lipinski definition) is 5.